The summed E-state index contributed by atoms with van der Waals surface area (Å²) in [6.45, 7) is 3.11. The second-order valence-electron chi connectivity index (χ2n) is 5.24. The summed E-state index contributed by atoms with van der Waals surface area (Å²) >= 11 is 0. The first-order chi connectivity index (χ1) is 7.82. The van der Waals surface area contributed by atoms with Gasteiger partial charge in [0.05, 0.1) is 0 Å². The van der Waals surface area contributed by atoms with Gasteiger partial charge in [0, 0.05) is 18.5 Å². The minimum absolute atomic E-state index is 0.0348. The highest BCUT2D eigenvalue weighted by molar-refractivity contribution is 5.65. The standard InChI is InChI=1S/C14H17NO/c16-11-14-8-13(14)6-7-15(10-14)9-12-4-2-1-3-5-12/h1-5,11,13H,6-10H2. The molecule has 1 aliphatic heterocycles. The van der Waals surface area contributed by atoms with E-state index in [0.29, 0.717) is 5.92 Å². The van der Waals surface area contributed by atoms with Crippen molar-refractivity contribution in [2.45, 2.75) is 19.4 Å². The maximum Gasteiger partial charge on any atom is 0.127 e. The molecule has 0 spiro atoms. The van der Waals surface area contributed by atoms with Crippen molar-refractivity contribution in [2.75, 3.05) is 13.1 Å². The Morgan fingerprint density at radius 1 is 1.38 bits per heavy atom. The summed E-state index contributed by atoms with van der Waals surface area (Å²) in [5, 5.41) is 0. The normalized spacial score (nSPS) is 33.1. The molecule has 0 radical (unpaired) electrons. The van der Waals surface area contributed by atoms with Crippen LogP contribution >= 0.6 is 0 Å². The lowest BCUT2D eigenvalue weighted by Crippen LogP contribution is -2.36. The van der Waals surface area contributed by atoms with Gasteiger partial charge in [-0.2, -0.15) is 0 Å². The van der Waals surface area contributed by atoms with Gasteiger partial charge in [-0.3, -0.25) is 4.90 Å². The SMILES string of the molecule is O=CC12CC1CCN(Cc1ccccc1)C2. The number of hydrogen-bond donors (Lipinski definition) is 0. The molecule has 3 rings (SSSR count). The first-order valence-corrected chi connectivity index (χ1v) is 6.05. The number of nitrogens with zero attached hydrogens (tertiary/aromatic N) is 1. The first-order valence-electron chi connectivity index (χ1n) is 6.05. The van der Waals surface area contributed by atoms with Crippen LogP contribution in [-0.2, 0) is 11.3 Å². The quantitative estimate of drug-likeness (QED) is 0.720. The summed E-state index contributed by atoms with van der Waals surface area (Å²) in [7, 11) is 0. The summed E-state index contributed by atoms with van der Waals surface area (Å²) < 4.78 is 0. The number of carbonyl (C=O) groups is 1. The average Bonchev–Trinajstić information content (AvgIpc) is 3.05. The average molecular weight is 215 g/mol. The zero-order chi connectivity index (χ0) is 11.0. The van der Waals surface area contributed by atoms with E-state index in [1.165, 1.54) is 18.3 Å². The van der Waals surface area contributed by atoms with Gasteiger partial charge in [0.25, 0.3) is 0 Å². The van der Waals surface area contributed by atoms with E-state index in [0.717, 1.165) is 26.1 Å². The minimum Gasteiger partial charge on any atom is -0.303 e. The van der Waals surface area contributed by atoms with E-state index >= 15 is 0 Å². The van der Waals surface area contributed by atoms with Gasteiger partial charge in [0.2, 0.25) is 0 Å². The Hall–Kier alpha value is -1.15. The van der Waals surface area contributed by atoms with Gasteiger partial charge in [-0.15, -0.1) is 0 Å². The lowest BCUT2D eigenvalue weighted by Gasteiger charge is -2.29. The van der Waals surface area contributed by atoms with E-state index in [-0.39, 0.29) is 5.41 Å². The molecule has 2 fully saturated rings. The van der Waals surface area contributed by atoms with Crippen molar-refractivity contribution in [1.29, 1.82) is 0 Å². The number of carbonyl (C=O) groups excluding carboxylic acids is 1. The van der Waals surface area contributed by atoms with Crippen LogP contribution in [0.15, 0.2) is 30.3 Å². The van der Waals surface area contributed by atoms with Gasteiger partial charge < -0.3 is 4.79 Å². The predicted octanol–water partition coefficient (Wildman–Crippen LogP) is 2.10. The second-order valence-corrected chi connectivity index (χ2v) is 5.24. The molecule has 1 aliphatic carbocycles. The Morgan fingerprint density at radius 3 is 2.94 bits per heavy atom. The van der Waals surface area contributed by atoms with Crippen molar-refractivity contribution in [3.8, 4) is 0 Å². The van der Waals surface area contributed by atoms with Crippen molar-refractivity contribution in [3.05, 3.63) is 35.9 Å². The van der Waals surface area contributed by atoms with Crippen molar-refractivity contribution in [3.63, 3.8) is 0 Å². The van der Waals surface area contributed by atoms with Crippen LogP contribution in [0.1, 0.15) is 18.4 Å². The molecule has 2 aliphatic rings. The molecule has 16 heavy (non-hydrogen) atoms. The summed E-state index contributed by atoms with van der Waals surface area (Å²) in [5.41, 5.74) is 1.38. The highest BCUT2D eigenvalue weighted by Crippen LogP contribution is 2.55. The van der Waals surface area contributed by atoms with Gasteiger partial charge in [-0.05, 0) is 30.9 Å². The van der Waals surface area contributed by atoms with Crippen LogP contribution in [0, 0.1) is 11.3 Å². The number of aldehydes is 1. The summed E-state index contributed by atoms with van der Waals surface area (Å²) in [5.74, 6) is 0.692. The van der Waals surface area contributed by atoms with E-state index in [1.807, 2.05) is 6.07 Å². The highest BCUT2D eigenvalue weighted by Gasteiger charge is 2.56. The third kappa shape index (κ3) is 1.67. The highest BCUT2D eigenvalue weighted by atomic mass is 16.1. The zero-order valence-electron chi connectivity index (χ0n) is 9.43. The molecule has 2 atom stereocenters. The summed E-state index contributed by atoms with van der Waals surface area (Å²) in [6.07, 6.45) is 3.53. The van der Waals surface area contributed by atoms with Crippen LogP contribution < -0.4 is 0 Å². The van der Waals surface area contributed by atoms with Crippen LogP contribution in [-0.4, -0.2) is 24.3 Å². The van der Waals surface area contributed by atoms with Gasteiger partial charge >= 0.3 is 0 Å². The van der Waals surface area contributed by atoms with Crippen molar-refractivity contribution < 1.29 is 4.79 Å². The fraction of sp³-hybridized carbons (Fsp3) is 0.500. The van der Waals surface area contributed by atoms with Gasteiger partial charge in [0.15, 0.2) is 0 Å². The number of hydrogen-bond acceptors (Lipinski definition) is 2. The molecular weight excluding hydrogens is 198 g/mol. The van der Waals surface area contributed by atoms with Crippen molar-refractivity contribution in [1.82, 2.24) is 4.90 Å². The Labute approximate surface area is 96.3 Å². The summed E-state index contributed by atoms with van der Waals surface area (Å²) in [6, 6.07) is 10.5. The topological polar surface area (TPSA) is 20.3 Å². The molecule has 1 saturated heterocycles. The Bertz CT molecular complexity index is 389. The maximum atomic E-state index is 11.1. The fourth-order valence-corrected chi connectivity index (χ4v) is 2.97. The van der Waals surface area contributed by atoms with Gasteiger partial charge in [0.1, 0.15) is 6.29 Å². The van der Waals surface area contributed by atoms with E-state index in [4.69, 9.17) is 0 Å². The molecular formula is C14H17NO. The van der Waals surface area contributed by atoms with E-state index in [9.17, 15) is 4.79 Å². The van der Waals surface area contributed by atoms with Crippen molar-refractivity contribution in [2.24, 2.45) is 11.3 Å². The van der Waals surface area contributed by atoms with Crippen LogP contribution in [0.5, 0.6) is 0 Å². The van der Waals surface area contributed by atoms with Crippen LogP contribution in [0.2, 0.25) is 0 Å². The molecule has 0 amide bonds. The van der Waals surface area contributed by atoms with E-state index < -0.39 is 0 Å². The Morgan fingerprint density at radius 2 is 2.19 bits per heavy atom. The number of benzene rings is 1. The predicted molar refractivity (Wildman–Crippen MR) is 62.9 cm³/mol. The zero-order valence-corrected chi connectivity index (χ0v) is 9.43. The van der Waals surface area contributed by atoms with Gasteiger partial charge in [-0.1, -0.05) is 30.3 Å². The number of likely N-dealkylation sites (tertiary alicyclic amines) is 1. The molecule has 0 bridgehead atoms. The lowest BCUT2D eigenvalue weighted by atomic mass is 9.98. The molecule has 1 aromatic rings. The number of piperidine rings is 1. The van der Waals surface area contributed by atoms with E-state index in [2.05, 4.69) is 29.2 Å². The Kier molecular flexibility index (Phi) is 2.32. The van der Waals surface area contributed by atoms with E-state index in [1.54, 1.807) is 0 Å². The second kappa shape index (κ2) is 3.70. The lowest BCUT2D eigenvalue weighted by molar-refractivity contribution is -0.114. The minimum atomic E-state index is 0.0348. The number of rotatable bonds is 3. The third-order valence-electron chi connectivity index (χ3n) is 4.07. The number of fused-ring (bicyclic) bond motifs is 1. The summed E-state index contributed by atoms with van der Waals surface area (Å²) in [4.78, 5) is 13.5. The van der Waals surface area contributed by atoms with Crippen LogP contribution in [0.3, 0.4) is 0 Å². The van der Waals surface area contributed by atoms with Gasteiger partial charge in [-0.25, -0.2) is 0 Å². The van der Waals surface area contributed by atoms with Crippen molar-refractivity contribution >= 4 is 6.29 Å². The molecule has 1 aromatic carbocycles. The molecule has 2 nitrogen and oxygen atoms in total. The monoisotopic (exact) mass is 215 g/mol. The fourth-order valence-electron chi connectivity index (χ4n) is 2.97. The van der Waals surface area contributed by atoms with Crippen LogP contribution in [0.25, 0.3) is 0 Å². The van der Waals surface area contributed by atoms with Crippen LogP contribution in [0.4, 0.5) is 0 Å². The molecule has 2 unspecified atom stereocenters. The smallest absolute Gasteiger partial charge is 0.127 e. The molecule has 2 heteroatoms. The molecule has 0 N–H and O–H groups in total. The molecule has 1 heterocycles. The maximum absolute atomic E-state index is 11.1. The molecule has 0 aromatic heterocycles. The third-order valence-corrected chi connectivity index (χ3v) is 4.07. The first kappa shape index (κ1) is 10.0. The molecule has 1 saturated carbocycles. The largest absolute Gasteiger partial charge is 0.303 e. The Balaban J connectivity index is 1.66. The molecule has 84 valence electrons.